The van der Waals surface area contributed by atoms with Crippen LogP contribution in [0.5, 0.6) is 0 Å². The zero-order valence-corrected chi connectivity index (χ0v) is 9.71. The third-order valence-corrected chi connectivity index (χ3v) is 2.18. The molecule has 0 aliphatic rings. The number of hydrogen-bond donors (Lipinski definition) is 2. The van der Waals surface area contributed by atoms with Gasteiger partial charge in [-0.2, -0.15) is 4.39 Å². The fourth-order valence-electron chi connectivity index (χ4n) is 1.54. The van der Waals surface area contributed by atoms with Crippen LogP contribution in [0.15, 0.2) is 18.2 Å². The Balaban J connectivity index is 3.28. The minimum Gasteiger partial charge on any atom is -0.368 e. The summed E-state index contributed by atoms with van der Waals surface area (Å²) >= 11 is 0. The Morgan fingerprint density at radius 3 is 2.21 bits per heavy atom. The van der Waals surface area contributed by atoms with Crippen molar-refractivity contribution in [2.24, 2.45) is 11.5 Å². The van der Waals surface area contributed by atoms with Gasteiger partial charge in [0.15, 0.2) is 0 Å². The fourth-order valence-corrected chi connectivity index (χ4v) is 1.54. The van der Waals surface area contributed by atoms with Gasteiger partial charge in [0.25, 0.3) is 0 Å². The predicted octanol–water partition coefficient (Wildman–Crippen LogP) is -0.489. The molecule has 0 aliphatic heterocycles. The minimum atomic E-state index is -1.08. The molecule has 4 N–H and O–H groups in total. The topological polar surface area (TPSA) is 133 Å². The van der Waals surface area contributed by atoms with E-state index in [2.05, 4.69) is 0 Å². The standard InChI is InChI=1S/C10H11FN4O4/c11-6-2-1-3-7(10(6)15(18)19)14(4-8(12)16)5-9(13)17/h1-3H,4-5H2,(H2,12,16)(H2,13,17). The Bertz CT molecular complexity index is 518. The van der Waals surface area contributed by atoms with E-state index in [-0.39, 0.29) is 5.69 Å². The molecule has 0 fully saturated rings. The highest BCUT2D eigenvalue weighted by Crippen LogP contribution is 2.30. The number of para-hydroxylation sites is 1. The lowest BCUT2D eigenvalue weighted by molar-refractivity contribution is -0.386. The molecule has 1 aromatic rings. The van der Waals surface area contributed by atoms with Gasteiger partial charge in [-0.3, -0.25) is 19.7 Å². The molecule has 8 nitrogen and oxygen atoms in total. The van der Waals surface area contributed by atoms with Gasteiger partial charge >= 0.3 is 5.69 Å². The van der Waals surface area contributed by atoms with E-state index in [1.165, 1.54) is 12.1 Å². The van der Waals surface area contributed by atoms with Crippen LogP contribution in [0.2, 0.25) is 0 Å². The van der Waals surface area contributed by atoms with Crippen molar-refractivity contribution in [3.8, 4) is 0 Å². The second kappa shape index (κ2) is 5.76. The molecule has 0 saturated carbocycles. The van der Waals surface area contributed by atoms with Gasteiger partial charge in [0.05, 0.1) is 18.0 Å². The number of anilines is 1. The second-order valence-corrected chi connectivity index (χ2v) is 3.65. The number of nitro benzene ring substituents is 1. The number of nitro groups is 1. The number of primary amides is 2. The molecule has 0 bridgehead atoms. The van der Waals surface area contributed by atoms with Crippen molar-refractivity contribution in [3.63, 3.8) is 0 Å². The number of rotatable bonds is 6. The third kappa shape index (κ3) is 3.63. The largest absolute Gasteiger partial charge is 0.368 e. The number of nitrogens with two attached hydrogens (primary N) is 2. The molecule has 9 heteroatoms. The van der Waals surface area contributed by atoms with Crippen molar-refractivity contribution in [3.05, 3.63) is 34.1 Å². The molecular formula is C10H11FN4O4. The summed E-state index contributed by atoms with van der Waals surface area (Å²) in [5.74, 6) is -2.75. The maximum atomic E-state index is 13.4. The van der Waals surface area contributed by atoms with Crippen LogP contribution in [0.3, 0.4) is 0 Å². The number of benzene rings is 1. The number of nitrogens with zero attached hydrogens (tertiary/aromatic N) is 2. The average Bonchev–Trinajstić information content (AvgIpc) is 2.25. The van der Waals surface area contributed by atoms with Crippen LogP contribution in [0.4, 0.5) is 15.8 Å². The molecule has 19 heavy (non-hydrogen) atoms. The van der Waals surface area contributed by atoms with Gasteiger partial charge in [-0.05, 0) is 12.1 Å². The van der Waals surface area contributed by atoms with E-state index < -0.39 is 41.3 Å². The van der Waals surface area contributed by atoms with Crippen molar-refractivity contribution in [2.75, 3.05) is 18.0 Å². The first-order valence-electron chi connectivity index (χ1n) is 5.07. The van der Waals surface area contributed by atoms with Crippen LogP contribution in [0.25, 0.3) is 0 Å². The first-order valence-corrected chi connectivity index (χ1v) is 5.07. The highest BCUT2D eigenvalue weighted by Gasteiger charge is 2.25. The summed E-state index contributed by atoms with van der Waals surface area (Å²) in [6, 6.07) is 3.31. The molecule has 0 saturated heterocycles. The zero-order chi connectivity index (χ0) is 14.6. The van der Waals surface area contributed by atoms with Crippen molar-refractivity contribution in [2.45, 2.75) is 0 Å². The van der Waals surface area contributed by atoms with Gasteiger partial charge in [0, 0.05) is 0 Å². The molecule has 0 heterocycles. The SMILES string of the molecule is NC(=O)CN(CC(N)=O)c1cccc(F)c1[N+](=O)[O-]. The average molecular weight is 270 g/mol. The van der Waals surface area contributed by atoms with E-state index >= 15 is 0 Å². The number of carbonyl (C=O) groups excluding carboxylic acids is 2. The summed E-state index contributed by atoms with van der Waals surface area (Å²) in [7, 11) is 0. The maximum Gasteiger partial charge on any atom is 0.327 e. The Morgan fingerprint density at radius 2 is 1.79 bits per heavy atom. The fraction of sp³-hybridized carbons (Fsp3) is 0.200. The Hall–Kier alpha value is -2.71. The second-order valence-electron chi connectivity index (χ2n) is 3.65. The maximum absolute atomic E-state index is 13.4. The lowest BCUT2D eigenvalue weighted by atomic mass is 10.2. The van der Waals surface area contributed by atoms with E-state index in [4.69, 9.17) is 11.5 Å². The molecule has 0 spiro atoms. The van der Waals surface area contributed by atoms with Gasteiger partial charge in [-0.25, -0.2) is 0 Å². The predicted molar refractivity (Wildman–Crippen MR) is 63.7 cm³/mol. The Labute approximate surface area is 106 Å². The normalized spacial score (nSPS) is 9.95. The van der Waals surface area contributed by atoms with Crippen molar-refractivity contribution >= 4 is 23.2 Å². The van der Waals surface area contributed by atoms with E-state index in [0.717, 1.165) is 11.0 Å². The number of amides is 2. The van der Waals surface area contributed by atoms with Crippen LogP contribution in [0.1, 0.15) is 0 Å². The van der Waals surface area contributed by atoms with E-state index in [1.54, 1.807) is 0 Å². The van der Waals surface area contributed by atoms with Gasteiger partial charge in [-0.1, -0.05) is 6.07 Å². The lowest BCUT2D eigenvalue weighted by Gasteiger charge is -2.21. The van der Waals surface area contributed by atoms with E-state index in [1.807, 2.05) is 0 Å². The molecule has 0 unspecified atom stereocenters. The van der Waals surface area contributed by atoms with E-state index in [0.29, 0.717) is 0 Å². The van der Waals surface area contributed by atoms with Crippen molar-refractivity contribution < 1.29 is 18.9 Å². The van der Waals surface area contributed by atoms with Crippen LogP contribution in [-0.4, -0.2) is 29.8 Å². The van der Waals surface area contributed by atoms with Gasteiger partial charge in [0.1, 0.15) is 5.69 Å². The summed E-state index contributed by atoms with van der Waals surface area (Å²) in [6.07, 6.45) is 0. The molecule has 0 aliphatic carbocycles. The smallest absolute Gasteiger partial charge is 0.327 e. The molecule has 0 atom stereocenters. The first-order chi connectivity index (χ1) is 8.82. The summed E-state index contributed by atoms with van der Waals surface area (Å²) in [5, 5.41) is 10.8. The molecule has 102 valence electrons. The highest BCUT2D eigenvalue weighted by molar-refractivity contribution is 5.86. The molecule has 0 radical (unpaired) electrons. The monoisotopic (exact) mass is 270 g/mol. The van der Waals surface area contributed by atoms with Gasteiger partial charge in [-0.15, -0.1) is 0 Å². The van der Waals surface area contributed by atoms with Crippen LogP contribution in [-0.2, 0) is 9.59 Å². The Morgan fingerprint density at radius 1 is 1.26 bits per heavy atom. The summed E-state index contributed by atoms with van der Waals surface area (Å²) in [5.41, 5.74) is 8.87. The van der Waals surface area contributed by atoms with Gasteiger partial charge < -0.3 is 16.4 Å². The van der Waals surface area contributed by atoms with Crippen molar-refractivity contribution in [1.82, 2.24) is 0 Å². The zero-order valence-electron chi connectivity index (χ0n) is 9.71. The molecular weight excluding hydrogens is 259 g/mol. The minimum absolute atomic E-state index is 0.234. The highest BCUT2D eigenvalue weighted by atomic mass is 19.1. The van der Waals surface area contributed by atoms with Gasteiger partial charge in [0.2, 0.25) is 17.6 Å². The quantitative estimate of drug-likeness (QED) is 0.531. The summed E-state index contributed by atoms with van der Waals surface area (Å²) in [6.45, 7) is -0.986. The van der Waals surface area contributed by atoms with E-state index in [9.17, 15) is 24.1 Å². The Kier molecular flexibility index (Phi) is 4.35. The lowest BCUT2D eigenvalue weighted by Crippen LogP contribution is -2.40. The molecule has 1 rings (SSSR count). The third-order valence-electron chi connectivity index (χ3n) is 2.18. The van der Waals surface area contributed by atoms with Crippen LogP contribution >= 0.6 is 0 Å². The summed E-state index contributed by atoms with van der Waals surface area (Å²) in [4.78, 5) is 32.6. The number of carbonyl (C=O) groups is 2. The molecule has 0 aromatic heterocycles. The van der Waals surface area contributed by atoms with Crippen LogP contribution < -0.4 is 16.4 Å². The summed E-state index contributed by atoms with van der Waals surface area (Å²) < 4.78 is 13.4. The number of halogens is 1. The van der Waals surface area contributed by atoms with Crippen LogP contribution in [0, 0.1) is 15.9 Å². The molecule has 2 amide bonds. The molecule has 1 aromatic carbocycles. The number of hydrogen-bond acceptors (Lipinski definition) is 5. The first kappa shape index (κ1) is 14.4. The van der Waals surface area contributed by atoms with Crippen molar-refractivity contribution in [1.29, 1.82) is 0 Å².